The van der Waals surface area contributed by atoms with Crippen LogP contribution in [0, 0.1) is 0 Å². The largest absolute Gasteiger partial charge is 0.472 e. The number of nitrogens with one attached hydrogen (secondary N) is 10. The topological polar surface area (TPSA) is 268 Å². The number of benzene rings is 4. The monoisotopic (exact) mass is 1130 g/mol. The summed E-state index contributed by atoms with van der Waals surface area (Å²) in [4.78, 5) is 32.2. The van der Waals surface area contributed by atoms with Crippen LogP contribution in [0.2, 0.25) is 27.3 Å². The molecule has 0 aliphatic heterocycles. The maximum absolute atomic E-state index is 12.3. The highest BCUT2D eigenvalue weighted by molar-refractivity contribution is 6.46. The van der Waals surface area contributed by atoms with Crippen LogP contribution in [0.15, 0.2) is 102 Å². The van der Waals surface area contributed by atoms with Gasteiger partial charge in [0.25, 0.3) is 0 Å². The van der Waals surface area contributed by atoms with Crippen molar-refractivity contribution in [3.05, 3.63) is 119 Å². The van der Waals surface area contributed by atoms with Crippen LogP contribution >= 0.6 is 0 Å². The minimum atomic E-state index is -4.93. The van der Waals surface area contributed by atoms with Crippen molar-refractivity contribution in [3.63, 3.8) is 0 Å². The summed E-state index contributed by atoms with van der Waals surface area (Å²) in [6.45, 7) is 10.4. The molecule has 4 rings (SSSR count). The molecule has 0 spiro atoms. The van der Waals surface area contributed by atoms with Gasteiger partial charge in [-0.05, 0) is 112 Å². The molecule has 428 valence electrons. The average molecular weight is 1130 g/mol. The highest BCUT2D eigenvalue weighted by Gasteiger charge is 2.40. The van der Waals surface area contributed by atoms with Crippen LogP contribution in [0.5, 0.6) is 0 Å². The number of hydrazone groups is 1. The highest BCUT2D eigenvalue weighted by atomic mass is 19.4. The van der Waals surface area contributed by atoms with Crippen molar-refractivity contribution in [2.24, 2.45) is 5.10 Å². The number of hydrogen-bond acceptors (Lipinski definition) is 16. The number of halogens is 12. The lowest BCUT2D eigenvalue weighted by Gasteiger charge is -2.24. The fraction of sp³-hybridized carbons (Fsp3) is 0.349. The van der Waals surface area contributed by atoms with Crippen molar-refractivity contribution in [1.82, 2.24) is 37.2 Å². The second kappa shape index (κ2) is 33.5. The summed E-state index contributed by atoms with van der Waals surface area (Å²) in [6, 6.07) is 26.2. The van der Waals surface area contributed by atoms with Crippen LogP contribution in [0.25, 0.3) is 0 Å². The predicted molar refractivity (Wildman–Crippen MR) is 274 cm³/mol. The molecule has 0 aliphatic rings. The van der Waals surface area contributed by atoms with Gasteiger partial charge in [-0.25, -0.2) is 0 Å². The molecule has 35 heteroatoms. The van der Waals surface area contributed by atoms with Gasteiger partial charge >= 0.3 is 70.6 Å². The van der Waals surface area contributed by atoms with E-state index in [4.69, 9.17) is 20.1 Å². The van der Waals surface area contributed by atoms with Gasteiger partial charge in [-0.1, -0.05) is 48.5 Å². The van der Waals surface area contributed by atoms with E-state index in [9.17, 15) is 67.1 Å². The van der Waals surface area contributed by atoms with Crippen LogP contribution in [-0.2, 0) is 40.6 Å². The van der Waals surface area contributed by atoms with Crippen molar-refractivity contribution >= 4 is 74.4 Å². The molecule has 0 fully saturated rings. The van der Waals surface area contributed by atoms with Crippen LogP contribution < -0.4 is 58.5 Å². The van der Waals surface area contributed by atoms with Gasteiger partial charge in [0.1, 0.15) is 5.71 Å². The summed E-state index contributed by atoms with van der Waals surface area (Å²) >= 11 is 0. The minimum absolute atomic E-state index is 0.176. The second-order valence-electron chi connectivity index (χ2n) is 16.1. The first kappa shape index (κ1) is 69.3. The van der Waals surface area contributed by atoms with Gasteiger partial charge in [0.2, 0.25) is 0 Å². The third-order valence-electron chi connectivity index (χ3n) is 9.14. The Hall–Kier alpha value is -6.74. The van der Waals surface area contributed by atoms with Crippen LogP contribution in [0.3, 0.4) is 0 Å². The van der Waals surface area contributed by atoms with Crippen molar-refractivity contribution in [2.75, 3.05) is 27.8 Å². The SMILES string of the molecule is CB(O)NCc1cccc(N/N=C(/C)C(F)(F)F)c1.CB(O)NCc1cccc(NNC(=O)C(F)(F)F)c1.CB(O)NCc1cccc(NNC(=O)C(F)(F)F)c1.CCN(NC(=O)C(F)(F)F)c1cccc(CNB(C)O)c1. The molecule has 14 N–H and O–H groups in total. The van der Waals surface area contributed by atoms with Gasteiger partial charge in [0.15, 0.2) is 0 Å². The van der Waals surface area contributed by atoms with Gasteiger partial charge < -0.3 is 41.0 Å². The molecule has 3 amide bonds. The van der Waals surface area contributed by atoms with E-state index >= 15 is 0 Å². The molecule has 0 aromatic heterocycles. The van der Waals surface area contributed by atoms with Crippen LogP contribution in [0.4, 0.5) is 75.4 Å². The Labute approximate surface area is 442 Å². The zero-order valence-corrected chi connectivity index (χ0v) is 42.5. The Kier molecular flexibility index (Phi) is 29.8. The maximum Gasteiger partial charge on any atom is 0.472 e. The quantitative estimate of drug-likeness (QED) is 0.0218. The highest BCUT2D eigenvalue weighted by Crippen LogP contribution is 2.21. The van der Waals surface area contributed by atoms with Gasteiger partial charge in [-0.3, -0.25) is 51.9 Å². The Morgan fingerprint density at radius 1 is 0.487 bits per heavy atom. The second-order valence-corrected chi connectivity index (χ2v) is 16.1. The number of alkyl halides is 12. The lowest BCUT2D eigenvalue weighted by atomic mass is 9.88. The molecule has 0 atom stereocenters. The third-order valence-corrected chi connectivity index (χ3v) is 9.14. The molecular formula is C43H58B4F12N12O7. The molecule has 0 heterocycles. The van der Waals surface area contributed by atoms with E-state index in [-0.39, 0.29) is 6.54 Å². The Bertz CT molecular complexity index is 2400. The van der Waals surface area contributed by atoms with E-state index in [2.05, 4.69) is 42.3 Å². The summed E-state index contributed by atoms with van der Waals surface area (Å²) in [7, 11) is -2.73. The molecule has 0 radical (unpaired) electrons. The molecule has 0 bridgehead atoms. The number of rotatable bonds is 21. The summed E-state index contributed by atoms with van der Waals surface area (Å²) in [5, 5.41) is 51.7. The Balaban J connectivity index is 0.000000520. The lowest BCUT2D eigenvalue weighted by molar-refractivity contribution is -0.173. The van der Waals surface area contributed by atoms with E-state index in [1.54, 1.807) is 130 Å². The lowest BCUT2D eigenvalue weighted by Crippen LogP contribution is -2.48. The molecule has 4 aromatic rings. The van der Waals surface area contributed by atoms with Crippen LogP contribution in [0.1, 0.15) is 36.1 Å². The first-order chi connectivity index (χ1) is 36.1. The fourth-order valence-corrected chi connectivity index (χ4v) is 5.29. The fourth-order valence-electron chi connectivity index (χ4n) is 5.29. The summed E-state index contributed by atoms with van der Waals surface area (Å²) in [5.74, 6) is -6.16. The molecule has 0 saturated heterocycles. The zero-order valence-electron chi connectivity index (χ0n) is 42.5. The molecular weight excluding hydrogens is 1070 g/mol. The molecule has 0 unspecified atom stereocenters. The first-order valence-electron chi connectivity index (χ1n) is 22.9. The number of carbonyl (C=O) groups is 3. The maximum atomic E-state index is 12.3. The Morgan fingerprint density at radius 3 is 1.13 bits per heavy atom. The first-order valence-corrected chi connectivity index (χ1v) is 22.9. The van der Waals surface area contributed by atoms with Crippen molar-refractivity contribution < 1.29 is 87.2 Å². The van der Waals surface area contributed by atoms with Gasteiger partial charge in [-0.15, -0.1) is 0 Å². The number of carbonyl (C=O) groups excluding carboxylic acids is 3. The molecule has 19 nitrogen and oxygen atoms in total. The van der Waals surface area contributed by atoms with E-state index in [0.29, 0.717) is 48.9 Å². The van der Waals surface area contributed by atoms with E-state index in [1.807, 2.05) is 5.43 Å². The van der Waals surface area contributed by atoms with E-state index < -0.39 is 76.3 Å². The number of hydrazine groups is 3. The predicted octanol–water partition coefficient (Wildman–Crippen LogP) is 5.33. The van der Waals surface area contributed by atoms with Crippen LogP contribution in [-0.4, -0.2) is 103 Å². The summed E-state index contributed by atoms with van der Waals surface area (Å²) in [5.41, 5.74) is 15.2. The van der Waals surface area contributed by atoms with Gasteiger partial charge in [-0.2, -0.15) is 57.8 Å². The standard InChI is InChI=1S/C12H17BF3N3O2.C11H15BF3N3O.2C10H13BF3N3O2/c1-3-19(18-11(20)12(14,15)16)10-6-4-5-9(7-10)8-17-13(2)21;1-8(11(13,14)15)17-18-10-5-3-4-9(6-10)7-16-12(2)19;2*1-11(19)15-6-7-3-2-4-8(5-7)16-17-9(18)10(12,13)14/h4-7,17,21H,3,8H2,1-2H3,(H,18,20);3-6,16,18-19H,7H2,1-2H3;2*2-5,15-16,19H,6H2,1H3,(H,17,18)/b;17-8-;;. The molecule has 0 saturated carbocycles. The number of anilines is 4. The van der Waals surface area contributed by atoms with E-state index in [1.165, 1.54) is 12.1 Å². The number of nitrogens with zero attached hydrogens (tertiary/aromatic N) is 2. The molecule has 4 aromatic carbocycles. The van der Waals surface area contributed by atoms with Gasteiger partial charge in [0.05, 0.1) is 22.7 Å². The van der Waals surface area contributed by atoms with Crippen molar-refractivity contribution in [3.8, 4) is 0 Å². The number of hydrogen-bond donors (Lipinski definition) is 14. The van der Waals surface area contributed by atoms with Crippen molar-refractivity contribution in [2.45, 2.75) is 92.0 Å². The minimum Gasteiger partial charge on any atom is -0.437 e. The average Bonchev–Trinajstić information content (AvgIpc) is 3.35. The zero-order chi connectivity index (χ0) is 59.4. The molecule has 0 aliphatic carbocycles. The summed E-state index contributed by atoms with van der Waals surface area (Å²) < 4.78 is 145. The molecule has 78 heavy (non-hydrogen) atoms. The number of amides is 3. The smallest absolute Gasteiger partial charge is 0.437 e. The third kappa shape index (κ3) is 30.9. The van der Waals surface area contributed by atoms with E-state index in [0.717, 1.165) is 34.2 Å². The van der Waals surface area contributed by atoms with Gasteiger partial charge in [0, 0.05) is 32.7 Å². The summed E-state index contributed by atoms with van der Waals surface area (Å²) in [6.07, 6.45) is -19.2. The Morgan fingerprint density at radius 2 is 0.808 bits per heavy atom. The van der Waals surface area contributed by atoms with Crippen molar-refractivity contribution in [1.29, 1.82) is 0 Å². The normalized spacial score (nSPS) is 11.4.